The Kier molecular flexibility index (Phi) is 6.65. The van der Waals surface area contributed by atoms with Crippen molar-refractivity contribution in [3.8, 4) is 0 Å². The molecule has 1 N–H and O–H groups in total. The zero-order valence-corrected chi connectivity index (χ0v) is 11.3. The Morgan fingerprint density at radius 1 is 1.59 bits per heavy atom. The van der Waals surface area contributed by atoms with Crippen molar-refractivity contribution >= 4 is 17.3 Å². The second-order valence-corrected chi connectivity index (χ2v) is 4.16. The minimum atomic E-state index is 0.752. The molecule has 1 aromatic heterocycles. The van der Waals surface area contributed by atoms with E-state index < -0.39 is 0 Å². The van der Waals surface area contributed by atoms with Gasteiger partial charge < -0.3 is 19.4 Å². The first kappa shape index (κ1) is 14.0. The molecule has 0 bridgehead atoms. The van der Waals surface area contributed by atoms with Crippen LogP contribution >= 0.6 is 12.2 Å². The Balaban J connectivity index is 2.14. The van der Waals surface area contributed by atoms with Crippen LogP contribution in [0.3, 0.4) is 0 Å². The fourth-order valence-corrected chi connectivity index (χ4v) is 1.54. The van der Waals surface area contributed by atoms with Crippen LogP contribution in [0.2, 0.25) is 0 Å². The summed E-state index contributed by atoms with van der Waals surface area (Å²) in [4.78, 5) is 1.99. The van der Waals surface area contributed by atoms with Crippen LogP contribution in [0, 0.1) is 0 Å². The van der Waals surface area contributed by atoms with Gasteiger partial charge in [0.15, 0.2) is 5.11 Å². The summed E-state index contributed by atoms with van der Waals surface area (Å²) in [5, 5.41) is 3.95. The first-order chi connectivity index (χ1) is 8.24. The van der Waals surface area contributed by atoms with Gasteiger partial charge in [0.25, 0.3) is 0 Å². The van der Waals surface area contributed by atoms with Crippen molar-refractivity contribution in [2.45, 2.75) is 19.9 Å². The number of hydrogen-bond acceptors (Lipinski definition) is 3. The van der Waals surface area contributed by atoms with Gasteiger partial charge in [-0.05, 0) is 31.6 Å². The zero-order valence-electron chi connectivity index (χ0n) is 10.4. The number of nitrogens with zero attached hydrogens (tertiary/aromatic N) is 1. The molecule has 0 radical (unpaired) electrons. The van der Waals surface area contributed by atoms with E-state index >= 15 is 0 Å². The molecule has 1 aromatic rings. The van der Waals surface area contributed by atoms with Crippen molar-refractivity contribution in [3.05, 3.63) is 24.2 Å². The van der Waals surface area contributed by atoms with Gasteiger partial charge in [-0.1, -0.05) is 0 Å². The van der Waals surface area contributed by atoms with Crippen molar-refractivity contribution in [3.63, 3.8) is 0 Å². The largest absolute Gasteiger partial charge is 0.472 e. The fourth-order valence-electron chi connectivity index (χ4n) is 1.38. The minimum Gasteiger partial charge on any atom is -0.472 e. The van der Waals surface area contributed by atoms with Crippen molar-refractivity contribution in [1.29, 1.82) is 0 Å². The smallest absolute Gasteiger partial charge is 0.168 e. The highest BCUT2D eigenvalue weighted by Gasteiger charge is 2.04. The highest BCUT2D eigenvalue weighted by molar-refractivity contribution is 7.80. The van der Waals surface area contributed by atoms with Gasteiger partial charge >= 0.3 is 0 Å². The standard InChI is InChI=1S/C12H20N2O2S/c1-3-15-7-4-6-13-12(17)14(2)9-11-5-8-16-10-11/h5,8,10H,3-4,6-7,9H2,1-2H3,(H,13,17). The SMILES string of the molecule is CCOCCCNC(=S)N(C)Cc1ccoc1. The number of ether oxygens (including phenoxy) is 1. The van der Waals surface area contributed by atoms with E-state index in [9.17, 15) is 0 Å². The highest BCUT2D eigenvalue weighted by atomic mass is 32.1. The van der Waals surface area contributed by atoms with Crippen LogP contribution < -0.4 is 5.32 Å². The number of hydrogen-bond donors (Lipinski definition) is 1. The van der Waals surface area contributed by atoms with Gasteiger partial charge in [-0.3, -0.25) is 0 Å². The molecular weight excluding hydrogens is 236 g/mol. The molecular formula is C12H20N2O2S. The summed E-state index contributed by atoms with van der Waals surface area (Å²) in [7, 11) is 1.96. The van der Waals surface area contributed by atoms with Crippen molar-refractivity contribution in [1.82, 2.24) is 10.2 Å². The third-order valence-corrected chi connectivity index (χ3v) is 2.75. The van der Waals surface area contributed by atoms with Gasteiger partial charge in [0.05, 0.1) is 12.5 Å². The van der Waals surface area contributed by atoms with Gasteiger partial charge in [0.2, 0.25) is 0 Å². The lowest BCUT2D eigenvalue weighted by Crippen LogP contribution is -2.37. The molecule has 0 amide bonds. The van der Waals surface area contributed by atoms with Crippen LogP contribution in [0.15, 0.2) is 23.0 Å². The van der Waals surface area contributed by atoms with E-state index in [-0.39, 0.29) is 0 Å². The van der Waals surface area contributed by atoms with Crippen LogP contribution in [0.1, 0.15) is 18.9 Å². The lowest BCUT2D eigenvalue weighted by atomic mass is 10.3. The first-order valence-corrected chi connectivity index (χ1v) is 6.22. The van der Waals surface area contributed by atoms with Gasteiger partial charge in [0, 0.05) is 38.9 Å². The molecule has 0 aliphatic heterocycles. The highest BCUT2D eigenvalue weighted by Crippen LogP contribution is 2.03. The topological polar surface area (TPSA) is 37.6 Å². The lowest BCUT2D eigenvalue weighted by molar-refractivity contribution is 0.145. The average molecular weight is 256 g/mol. The van der Waals surface area contributed by atoms with E-state index in [0.29, 0.717) is 0 Å². The Bertz CT molecular complexity index is 314. The maximum Gasteiger partial charge on any atom is 0.168 e. The second-order valence-electron chi connectivity index (χ2n) is 3.77. The number of nitrogens with one attached hydrogen (secondary N) is 1. The molecule has 5 heteroatoms. The Labute approximate surface area is 108 Å². The molecule has 0 aromatic carbocycles. The third kappa shape index (κ3) is 5.70. The summed E-state index contributed by atoms with van der Waals surface area (Å²) in [6, 6.07) is 1.94. The maximum absolute atomic E-state index is 5.27. The number of furan rings is 1. The second kappa shape index (κ2) is 8.08. The van der Waals surface area contributed by atoms with Gasteiger partial charge in [-0.25, -0.2) is 0 Å². The molecule has 0 unspecified atom stereocenters. The quantitative estimate of drug-likeness (QED) is 0.597. The van der Waals surface area contributed by atoms with Gasteiger partial charge in [-0.15, -0.1) is 0 Å². The molecule has 0 atom stereocenters. The molecule has 1 heterocycles. The van der Waals surface area contributed by atoms with E-state index in [1.807, 2.05) is 24.9 Å². The minimum absolute atomic E-state index is 0.752. The first-order valence-electron chi connectivity index (χ1n) is 5.81. The van der Waals surface area contributed by atoms with Crippen LogP contribution in [-0.4, -0.2) is 36.8 Å². The van der Waals surface area contributed by atoms with Crippen molar-refractivity contribution in [2.75, 3.05) is 26.8 Å². The van der Waals surface area contributed by atoms with E-state index in [4.69, 9.17) is 21.4 Å². The molecule has 96 valence electrons. The summed E-state index contributed by atoms with van der Waals surface area (Å²) in [5.74, 6) is 0. The molecule has 0 aliphatic rings. The Morgan fingerprint density at radius 2 is 2.41 bits per heavy atom. The van der Waals surface area contributed by atoms with E-state index in [0.717, 1.165) is 43.4 Å². The molecule has 0 saturated carbocycles. The normalized spacial score (nSPS) is 10.2. The monoisotopic (exact) mass is 256 g/mol. The Hall–Kier alpha value is -1.07. The van der Waals surface area contributed by atoms with E-state index in [1.54, 1.807) is 12.5 Å². The van der Waals surface area contributed by atoms with E-state index in [2.05, 4.69) is 5.32 Å². The molecule has 0 aliphatic carbocycles. The lowest BCUT2D eigenvalue weighted by Gasteiger charge is -2.20. The summed E-state index contributed by atoms with van der Waals surface area (Å²) in [6.45, 7) is 5.14. The molecule has 0 fully saturated rings. The maximum atomic E-state index is 5.27. The molecule has 17 heavy (non-hydrogen) atoms. The summed E-state index contributed by atoms with van der Waals surface area (Å²) >= 11 is 5.27. The predicted molar refractivity (Wildman–Crippen MR) is 71.9 cm³/mol. The van der Waals surface area contributed by atoms with Crippen LogP contribution in [-0.2, 0) is 11.3 Å². The third-order valence-electron chi connectivity index (χ3n) is 2.29. The zero-order chi connectivity index (χ0) is 12.5. The van der Waals surface area contributed by atoms with Crippen molar-refractivity contribution < 1.29 is 9.15 Å². The Morgan fingerprint density at radius 3 is 3.06 bits per heavy atom. The fraction of sp³-hybridized carbons (Fsp3) is 0.583. The van der Waals surface area contributed by atoms with Crippen molar-refractivity contribution in [2.24, 2.45) is 0 Å². The summed E-state index contributed by atoms with van der Waals surface area (Å²) in [6.07, 6.45) is 4.36. The molecule has 0 saturated heterocycles. The van der Waals surface area contributed by atoms with Crippen LogP contribution in [0.4, 0.5) is 0 Å². The molecule has 0 spiro atoms. The summed E-state index contributed by atoms with van der Waals surface area (Å²) < 4.78 is 10.3. The van der Waals surface area contributed by atoms with E-state index in [1.165, 1.54) is 0 Å². The van der Waals surface area contributed by atoms with Crippen LogP contribution in [0.5, 0.6) is 0 Å². The van der Waals surface area contributed by atoms with Gasteiger partial charge in [-0.2, -0.15) is 0 Å². The average Bonchev–Trinajstić information content (AvgIpc) is 2.81. The van der Waals surface area contributed by atoms with Gasteiger partial charge in [0.1, 0.15) is 0 Å². The summed E-state index contributed by atoms with van der Waals surface area (Å²) in [5.41, 5.74) is 1.12. The predicted octanol–water partition coefficient (Wildman–Crippen LogP) is 2.01. The number of thiocarbonyl (C=S) groups is 1. The molecule has 4 nitrogen and oxygen atoms in total. The number of rotatable bonds is 7. The molecule has 1 rings (SSSR count). The van der Waals surface area contributed by atoms with Crippen LogP contribution in [0.25, 0.3) is 0 Å².